The summed E-state index contributed by atoms with van der Waals surface area (Å²) in [7, 11) is 0. The van der Waals surface area contributed by atoms with E-state index in [1.54, 1.807) is 0 Å². The molecule has 3 heterocycles. The summed E-state index contributed by atoms with van der Waals surface area (Å²) in [6.45, 7) is 1.61. The molecule has 3 aliphatic rings. The Labute approximate surface area is 465 Å². The number of unbranched alkanes of at least 4 members (excludes halogenated alkanes) is 19. The van der Waals surface area contributed by atoms with Crippen molar-refractivity contribution in [1.82, 2.24) is 5.32 Å². The highest BCUT2D eigenvalue weighted by Crippen LogP contribution is 2.33. The van der Waals surface area contributed by atoms with E-state index in [-0.39, 0.29) is 18.9 Å². The molecular weight excluding hydrogens is 1010 g/mol. The highest BCUT2D eigenvalue weighted by atomic mass is 16.8. The SMILES string of the molecule is CC/C=C\C/C=C\C/C=C\C/C=C\CCC(=O)NC(COC1OC(CO)C(OC2OC(CO)C(OC3OC(CO)C(O)C(O)C3O)C(O)C2O)C(O)C1O)C(O)CCCCCCCCCCCCCCCCCCCCCC. The molecule has 19 nitrogen and oxygen atoms in total. The average Bonchev–Trinajstić information content (AvgIpc) is 3.43. The van der Waals surface area contributed by atoms with E-state index >= 15 is 0 Å². The first-order valence-corrected chi connectivity index (χ1v) is 29.9. The minimum absolute atomic E-state index is 0.144. The van der Waals surface area contributed by atoms with Crippen LogP contribution in [0, 0.1) is 0 Å². The van der Waals surface area contributed by atoms with Gasteiger partial charge in [0.25, 0.3) is 0 Å². The van der Waals surface area contributed by atoms with Crippen molar-refractivity contribution in [2.75, 3.05) is 26.4 Å². The molecule has 1 amide bonds. The summed E-state index contributed by atoms with van der Waals surface area (Å²) in [5.41, 5.74) is 0. The summed E-state index contributed by atoms with van der Waals surface area (Å²) < 4.78 is 34.2. The van der Waals surface area contributed by atoms with Crippen LogP contribution in [-0.4, -0.2) is 193 Å². The fourth-order valence-corrected chi connectivity index (χ4v) is 10.0. The molecule has 0 aromatic rings. The standard InChI is InChI=1S/C59H105NO18/c1-3-5-7-9-11-13-15-17-18-19-20-21-22-23-25-26-28-30-32-34-36-43(64)42(60-47(65)37-35-33-31-29-27-24-16-14-12-10-8-6-4-2)41-73-57-53(71)50(68)55(45(39-62)75-57)78-59-54(72)51(69)56(46(40-63)76-59)77-58-52(70)49(67)48(66)44(38-61)74-58/h6,8,12,14,24,27,31,33,42-46,48-59,61-64,66-72H,3-5,7,9-11,13,15-23,25-26,28-30,32,34-41H2,1-2H3,(H,60,65)/b8-6-,14-12-,27-24-,33-31-. The topological polar surface area (TPSA) is 307 Å². The number of nitrogens with one attached hydrogen (secondary N) is 1. The number of carbonyl (C=O) groups is 1. The lowest BCUT2D eigenvalue weighted by Gasteiger charge is -2.48. The molecule has 3 fully saturated rings. The van der Waals surface area contributed by atoms with E-state index in [9.17, 15) is 61.0 Å². The molecule has 0 radical (unpaired) electrons. The monoisotopic (exact) mass is 1120 g/mol. The number of aliphatic hydroxyl groups is 11. The Morgan fingerprint density at radius 2 is 0.859 bits per heavy atom. The van der Waals surface area contributed by atoms with Gasteiger partial charge in [0.05, 0.1) is 38.6 Å². The summed E-state index contributed by atoms with van der Waals surface area (Å²) in [5, 5.41) is 120. The zero-order valence-corrected chi connectivity index (χ0v) is 47.1. The first kappa shape index (κ1) is 70.0. The molecule has 454 valence electrons. The van der Waals surface area contributed by atoms with Crippen molar-refractivity contribution in [1.29, 1.82) is 0 Å². The van der Waals surface area contributed by atoms with E-state index in [1.165, 1.54) is 103 Å². The van der Waals surface area contributed by atoms with Crippen LogP contribution in [0.5, 0.6) is 0 Å². The minimum Gasteiger partial charge on any atom is -0.394 e. The van der Waals surface area contributed by atoms with Gasteiger partial charge in [-0.3, -0.25) is 4.79 Å². The maximum Gasteiger partial charge on any atom is 0.220 e. The van der Waals surface area contributed by atoms with Gasteiger partial charge in [0, 0.05) is 6.42 Å². The Morgan fingerprint density at radius 3 is 1.31 bits per heavy atom. The Kier molecular flexibility index (Phi) is 38.2. The van der Waals surface area contributed by atoms with Gasteiger partial charge in [0.15, 0.2) is 18.9 Å². The highest BCUT2D eigenvalue weighted by molar-refractivity contribution is 5.76. The van der Waals surface area contributed by atoms with E-state index < -0.39 is 124 Å². The third-order valence-electron chi connectivity index (χ3n) is 14.9. The van der Waals surface area contributed by atoms with E-state index in [0.717, 1.165) is 44.9 Å². The molecule has 3 rings (SSSR count). The van der Waals surface area contributed by atoms with Gasteiger partial charge in [0.1, 0.15) is 73.2 Å². The molecule has 3 aliphatic heterocycles. The van der Waals surface area contributed by atoms with Crippen LogP contribution < -0.4 is 5.32 Å². The molecular formula is C59H105NO18. The summed E-state index contributed by atoms with van der Waals surface area (Å²) in [4.78, 5) is 13.3. The van der Waals surface area contributed by atoms with E-state index in [2.05, 4.69) is 55.6 Å². The van der Waals surface area contributed by atoms with Crippen LogP contribution in [0.3, 0.4) is 0 Å². The van der Waals surface area contributed by atoms with Crippen molar-refractivity contribution < 1.29 is 89.4 Å². The molecule has 0 aromatic carbocycles. The van der Waals surface area contributed by atoms with E-state index in [1.807, 2.05) is 12.2 Å². The predicted octanol–water partition coefficient (Wildman–Crippen LogP) is 5.09. The molecule has 12 N–H and O–H groups in total. The first-order valence-electron chi connectivity index (χ1n) is 29.9. The molecule has 17 atom stereocenters. The van der Waals surface area contributed by atoms with Gasteiger partial charge in [-0.25, -0.2) is 0 Å². The van der Waals surface area contributed by atoms with Crippen molar-refractivity contribution in [2.45, 2.75) is 291 Å². The molecule has 78 heavy (non-hydrogen) atoms. The van der Waals surface area contributed by atoms with Crippen LogP contribution in [0.1, 0.15) is 187 Å². The van der Waals surface area contributed by atoms with Crippen molar-refractivity contribution >= 4 is 5.91 Å². The van der Waals surface area contributed by atoms with Gasteiger partial charge >= 0.3 is 0 Å². The minimum atomic E-state index is -1.98. The van der Waals surface area contributed by atoms with E-state index in [0.29, 0.717) is 19.3 Å². The Bertz CT molecular complexity index is 1620. The summed E-state index contributed by atoms with van der Waals surface area (Å²) in [6, 6.07) is -0.925. The van der Waals surface area contributed by atoms with Crippen molar-refractivity contribution in [3.8, 4) is 0 Å². The smallest absolute Gasteiger partial charge is 0.220 e. The second-order valence-corrected chi connectivity index (χ2v) is 21.4. The number of carbonyl (C=O) groups excluding carboxylic acids is 1. The fourth-order valence-electron chi connectivity index (χ4n) is 10.0. The predicted molar refractivity (Wildman–Crippen MR) is 295 cm³/mol. The molecule has 3 saturated heterocycles. The van der Waals surface area contributed by atoms with E-state index in [4.69, 9.17) is 28.4 Å². The lowest BCUT2D eigenvalue weighted by Crippen LogP contribution is -2.66. The van der Waals surface area contributed by atoms with Gasteiger partial charge < -0.3 is 89.9 Å². The van der Waals surface area contributed by atoms with Crippen LogP contribution in [-0.2, 0) is 33.2 Å². The largest absolute Gasteiger partial charge is 0.394 e. The molecule has 0 spiro atoms. The van der Waals surface area contributed by atoms with Gasteiger partial charge in [0.2, 0.25) is 5.91 Å². The van der Waals surface area contributed by atoms with Crippen LogP contribution in [0.2, 0.25) is 0 Å². The molecule has 0 bridgehead atoms. The maximum absolute atomic E-state index is 13.3. The Morgan fingerprint density at radius 1 is 0.474 bits per heavy atom. The second kappa shape index (κ2) is 42.6. The molecule has 0 aliphatic carbocycles. The molecule has 0 saturated carbocycles. The summed E-state index contributed by atoms with van der Waals surface area (Å²) in [5.74, 6) is -0.323. The zero-order chi connectivity index (χ0) is 56.9. The lowest BCUT2D eigenvalue weighted by atomic mass is 9.96. The third kappa shape index (κ3) is 26.3. The number of hydrogen-bond acceptors (Lipinski definition) is 18. The third-order valence-corrected chi connectivity index (χ3v) is 14.9. The Hall–Kier alpha value is -2.25. The second-order valence-electron chi connectivity index (χ2n) is 21.4. The number of allylic oxidation sites excluding steroid dienone is 8. The quantitative estimate of drug-likeness (QED) is 0.0279. The highest BCUT2D eigenvalue weighted by Gasteiger charge is 2.53. The summed E-state index contributed by atoms with van der Waals surface area (Å²) >= 11 is 0. The van der Waals surface area contributed by atoms with Gasteiger partial charge in [-0.05, 0) is 38.5 Å². The number of rotatable bonds is 43. The summed E-state index contributed by atoms with van der Waals surface area (Å²) in [6.07, 6.45) is 19.4. The zero-order valence-electron chi connectivity index (χ0n) is 47.1. The normalized spacial score (nSPS) is 30.8. The number of hydrogen-bond donors (Lipinski definition) is 12. The number of amides is 1. The van der Waals surface area contributed by atoms with Gasteiger partial charge in [-0.15, -0.1) is 0 Å². The van der Waals surface area contributed by atoms with Crippen LogP contribution in [0.15, 0.2) is 48.6 Å². The van der Waals surface area contributed by atoms with Crippen molar-refractivity contribution in [2.24, 2.45) is 0 Å². The Balaban J connectivity index is 1.50. The molecule has 0 aromatic heterocycles. The lowest BCUT2D eigenvalue weighted by molar-refractivity contribution is -0.379. The fraction of sp³-hybridized carbons (Fsp3) is 0.847. The van der Waals surface area contributed by atoms with Gasteiger partial charge in [-0.2, -0.15) is 0 Å². The van der Waals surface area contributed by atoms with Crippen LogP contribution >= 0.6 is 0 Å². The molecule has 19 heteroatoms. The average molecular weight is 1120 g/mol. The van der Waals surface area contributed by atoms with Gasteiger partial charge in [-0.1, -0.05) is 191 Å². The van der Waals surface area contributed by atoms with Crippen molar-refractivity contribution in [3.05, 3.63) is 48.6 Å². The maximum atomic E-state index is 13.3. The first-order chi connectivity index (χ1) is 37.8. The molecule has 17 unspecified atom stereocenters. The number of ether oxygens (including phenoxy) is 6. The van der Waals surface area contributed by atoms with Crippen LogP contribution in [0.25, 0.3) is 0 Å². The van der Waals surface area contributed by atoms with Crippen molar-refractivity contribution in [3.63, 3.8) is 0 Å². The van der Waals surface area contributed by atoms with Crippen LogP contribution in [0.4, 0.5) is 0 Å². The number of aliphatic hydroxyl groups excluding tert-OH is 11.